The van der Waals surface area contributed by atoms with Crippen LogP contribution in [0.25, 0.3) is 5.69 Å². The van der Waals surface area contributed by atoms with Crippen molar-refractivity contribution in [3.8, 4) is 5.69 Å². The van der Waals surface area contributed by atoms with E-state index in [2.05, 4.69) is 15.4 Å². The van der Waals surface area contributed by atoms with E-state index in [0.717, 1.165) is 11.3 Å². The summed E-state index contributed by atoms with van der Waals surface area (Å²) < 4.78 is 1.67. The Kier molecular flexibility index (Phi) is 5.39. The molecule has 1 N–H and O–H groups in total. The Labute approximate surface area is 197 Å². The molecule has 9 heteroatoms. The van der Waals surface area contributed by atoms with E-state index < -0.39 is 5.66 Å². The fourth-order valence-corrected chi connectivity index (χ4v) is 4.91. The number of nitrogens with one attached hydrogen (secondary N) is 1. The van der Waals surface area contributed by atoms with Crippen LogP contribution < -0.4 is 10.2 Å². The highest BCUT2D eigenvalue weighted by Crippen LogP contribution is 2.43. The van der Waals surface area contributed by atoms with Crippen molar-refractivity contribution in [3.63, 3.8) is 0 Å². The number of carbonyl (C=O) groups excluding carboxylic acids is 3. The van der Waals surface area contributed by atoms with Crippen molar-refractivity contribution in [2.75, 3.05) is 11.4 Å². The fraction of sp³-hybridized carbons (Fsp3) is 0.320. The topological polar surface area (TPSA) is 100 Å². The molecule has 0 aliphatic carbocycles. The predicted octanol–water partition coefficient (Wildman–Crippen LogP) is 2.83. The molecule has 1 aromatic heterocycles. The Bertz CT molecular complexity index is 1240. The number of hydrogen-bond acceptors (Lipinski definition) is 5. The molecule has 0 saturated carbocycles. The van der Waals surface area contributed by atoms with Gasteiger partial charge in [0.1, 0.15) is 18.3 Å². The van der Waals surface area contributed by atoms with Crippen LogP contribution in [-0.2, 0) is 9.59 Å². The van der Waals surface area contributed by atoms with Gasteiger partial charge in [0.2, 0.25) is 11.8 Å². The van der Waals surface area contributed by atoms with Crippen LogP contribution in [0.3, 0.4) is 0 Å². The van der Waals surface area contributed by atoms with Gasteiger partial charge in [0.25, 0.3) is 5.91 Å². The minimum atomic E-state index is -0.758. The number of amides is 3. The smallest absolute Gasteiger partial charge is 0.257 e. The van der Waals surface area contributed by atoms with E-state index in [-0.39, 0.29) is 36.7 Å². The molecule has 2 aromatic carbocycles. The lowest BCUT2D eigenvalue weighted by atomic mass is 9.98. The van der Waals surface area contributed by atoms with Gasteiger partial charge in [0.05, 0.1) is 23.0 Å². The number of fused-ring (bicyclic) bond motifs is 3. The van der Waals surface area contributed by atoms with Crippen LogP contribution in [0.2, 0.25) is 0 Å². The fourth-order valence-electron chi connectivity index (χ4n) is 4.91. The van der Waals surface area contributed by atoms with E-state index in [9.17, 15) is 14.4 Å². The Hall–Kier alpha value is -4.01. The number of hydrogen-bond donors (Lipinski definition) is 1. The van der Waals surface area contributed by atoms with E-state index in [0.29, 0.717) is 24.1 Å². The van der Waals surface area contributed by atoms with Crippen molar-refractivity contribution in [1.82, 2.24) is 25.0 Å². The maximum Gasteiger partial charge on any atom is 0.257 e. The first-order valence-electron chi connectivity index (χ1n) is 11.4. The number of aromatic nitrogens is 3. The number of anilines is 1. The normalized spacial score (nSPS) is 20.2. The zero-order valence-corrected chi connectivity index (χ0v) is 19.1. The average Bonchev–Trinajstić information content (AvgIpc) is 3.48. The van der Waals surface area contributed by atoms with Crippen LogP contribution in [0.5, 0.6) is 0 Å². The highest BCUT2D eigenvalue weighted by atomic mass is 16.2. The second-order valence-electron chi connectivity index (χ2n) is 8.89. The number of rotatable bonds is 6. The van der Waals surface area contributed by atoms with Gasteiger partial charge in [0.15, 0.2) is 0 Å². The van der Waals surface area contributed by atoms with Gasteiger partial charge in [-0.05, 0) is 50.1 Å². The summed E-state index contributed by atoms with van der Waals surface area (Å²) >= 11 is 0. The minimum Gasteiger partial charge on any atom is -0.350 e. The molecule has 2 unspecified atom stereocenters. The molecule has 34 heavy (non-hydrogen) atoms. The van der Waals surface area contributed by atoms with Crippen LogP contribution in [0.1, 0.15) is 55.1 Å². The average molecular weight is 459 g/mol. The molecule has 0 spiro atoms. The second-order valence-corrected chi connectivity index (χ2v) is 8.89. The highest BCUT2D eigenvalue weighted by Gasteiger charge is 2.52. The van der Waals surface area contributed by atoms with Crippen molar-refractivity contribution in [2.24, 2.45) is 0 Å². The Balaban J connectivity index is 1.26. The van der Waals surface area contributed by atoms with Crippen LogP contribution in [0, 0.1) is 0 Å². The molecule has 5 rings (SSSR count). The Morgan fingerprint density at radius 2 is 1.91 bits per heavy atom. The number of carbonyl (C=O) groups is 3. The molecular weight excluding hydrogens is 432 g/mol. The summed E-state index contributed by atoms with van der Waals surface area (Å²) in [5, 5.41) is 7.12. The van der Waals surface area contributed by atoms with Gasteiger partial charge >= 0.3 is 0 Å². The van der Waals surface area contributed by atoms with Gasteiger partial charge < -0.3 is 10.2 Å². The van der Waals surface area contributed by atoms with Gasteiger partial charge in [0, 0.05) is 19.4 Å². The summed E-state index contributed by atoms with van der Waals surface area (Å²) in [7, 11) is 0. The largest absolute Gasteiger partial charge is 0.350 e. The summed E-state index contributed by atoms with van der Waals surface area (Å²) in [5.74, 6) is -0.299. The third-order valence-corrected chi connectivity index (χ3v) is 6.76. The maximum absolute atomic E-state index is 13.3. The first-order valence-corrected chi connectivity index (χ1v) is 11.4. The van der Waals surface area contributed by atoms with Crippen LogP contribution in [0.15, 0.2) is 61.2 Å². The van der Waals surface area contributed by atoms with Crippen molar-refractivity contribution in [2.45, 2.75) is 44.8 Å². The first kappa shape index (κ1) is 21.8. The van der Waals surface area contributed by atoms with Crippen molar-refractivity contribution in [3.05, 3.63) is 72.3 Å². The van der Waals surface area contributed by atoms with Gasteiger partial charge in [-0.3, -0.25) is 19.3 Å². The SMILES string of the molecule is CC(NC(=O)CCN1C(=O)c2ccccc2N2C(=O)CCC12C)c1ccc(-n2cncn2)cc1. The maximum atomic E-state index is 13.3. The van der Waals surface area contributed by atoms with E-state index in [1.165, 1.54) is 6.33 Å². The summed E-state index contributed by atoms with van der Waals surface area (Å²) in [6, 6.07) is 14.7. The zero-order chi connectivity index (χ0) is 23.9. The van der Waals surface area contributed by atoms with Gasteiger partial charge in [-0.1, -0.05) is 24.3 Å². The monoisotopic (exact) mass is 458 g/mol. The molecule has 1 fully saturated rings. The molecule has 0 bridgehead atoms. The van der Waals surface area contributed by atoms with Crippen molar-refractivity contribution >= 4 is 23.4 Å². The van der Waals surface area contributed by atoms with Gasteiger partial charge in [-0.2, -0.15) is 5.10 Å². The summed E-state index contributed by atoms with van der Waals surface area (Å²) in [5.41, 5.74) is 2.23. The highest BCUT2D eigenvalue weighted by molar-refractivity contribution is 6.10. The number of para-hydroxylation sites is 1. The minimum absolute atomic E-state index is 0.000126. The van der Waals surface area contributed by atoms with Gasteiger partial charge in [-0.15, -0.1) is 0 Å². The second kappa shape index (κ2) is 8.40. The summed E-state index contributed by atoms with van der Waals surface area (Å²) in [6.45, 7) is 4.06. The van der Waals surface area contributed by atoms with E-state index >= 15 is 0 Å². The molecule has 9 nitrogen and oxygen atoms in total. The quantitative estimate of drug-likeness (QED) is 0.612. The zero-order valence-electron chi connectivity index (χ0n) is 19.1. The lowest BCUT2D eigenvalue weighted by Gasteiger charge is -2.48. The molecule has 174 valence electrons. The molecule has 2 aliphatic heterocycles. The molecule has 2 atom stereocenters. The van der Waals surface area contributed by atoms with Crippen LogP contribution in [-0.4, -0.2) is 49.6 Å². The predicted molar refractivity (Wildman–Crippen MR) is 125 cm³/mol. The molecule has 0 radical (unpaired) electrons. The molecule has 3 aromatic rings. The van der Waals surface area contributed by atoms with Crippen molar-refractivity contribution in [1.29, 1.82) is 0 Å². The third kappa shape index (κ3) is 3.63. The van der Waals surface area contributed by atoms with Crippen molar-refractivity contribution < 1.29 is 14.4 Å². The van der Waals surface area contributed by atoms with Crippen LogP contribution >= 0.6 is 0 Å². The molecular formula is C25H26N6O3. The third-order valence-electron chi connectivity index (χ3n) is 6.76. The lowest BCUT2D eigenvalue weighted by molar-refractivity contribution is -0.122. The first-order chi connectivity index (χ1) is 16.4. The molecule has 3 amide bonds. The standard InChI is InChI=1S/C25H26N6O3/c1-17(18-7-9-19(10-8-18)30-16-26-15-27-30)28-22(32)12-14-29-24(34)20-5-3-4-6-21(20)31-23(33)11-13-25(29,31)2/h3-10,15-17H,11-14H2,1-2H3,(H,28,32). The number of benzene rings is 2. The van der Waals surface area contributed by atoms with E-state index in [4.69, 9.17) is 0 Å². The Morgan fingerprint density at radius 3 is 2.65 bits per heavy atom. The van der Waals surface area contributed by atoms with Gasteiger partial charge in [-0.25, -0.2) is 9.67 Å². The molecule has 3 heterocycles. The molecule has 1 saturated heterocycles. The lowest BCUT2D eigenvalue weighted by Crippen LogP contribution is -2.62. The summed E-state index contributed by atoms with van der Waals surface area (Å²) in [4.78, 5) is 46.1. The molecule has 2 aliphatic rings. The number of nitrogens with zero attached hydrogens (tertiary/aromatic N) is 5. The summed E-state index contributed by atoms with van der Waals surface area (Å²) in [6.07, 6.45) is 4.17. The van der Waals surface area contributed by atoms with E-state index in [1.807, 2.05) is 50.2 Å². The Morgan fingerprint density at radius 1 is 1.15 bits per heavy atom. The van der Waals surface area contributed by atoms with Crippen LogP contribution in [0.4, 0.5) is 5.69 Å². The van der Waals surface area contributed by atoms with E-state index in [1.54, 1.807) is 32.9 Å².